The van der Waals surface area contributed by atoms with E-state index in [1.165, 1.54) is 29.1 Å². The minimum Gasteiger partial charge on any atom is -0.490 e. The van der Waals surface area contributed by atoms with Crippen molar-refractivity contribution in [2.75, 3.05) is 38.2 Å². The molecule has 6 fully saturated rings. The molecule has 1 aromatic carbocycles. The van der Waals surface area contributed by atoms with Crippen molar-refractivity contribution < 1.29 is 42.9 Å². The van der Waals surface area contributed by atoms with Crippen molar-refractivity contribution in [3.63, 3.8) is 0 Å². The Labute approximate surface area is 377 Å². The summed E-state index contributed by atoms with van der Waals surface area (Å²) in [7, 11) is 0. The van der Waals surface area contributed by atoms with Crippen LogP contribution in [0.4, 0.5) is 14.7 Å². The average molecular weight is 911 g/mol. The van der Waals surface area contributed by atoms with Gasteiger partial charge in [-0.25, -0.2) is 19.6 Å². The number of pyridine rings is 1. The van der Waals surface area contributed by atoms with Gasteiger partial charge in [0.25, 0.3) is 0 Å². The molecule has 9 rings (SSSR count). The van der Waals surface area contributed by atoms with Gasteiger partial charge in [-0.3, -0.25) is 14.5 Å². The first-order valence-electron chi connectivity index (χ1n) is 22.0. The molecule has 2 bridgehead atoms. The number of hydrogen-bond donors (Lipinski definition) is 3. The zero-order valence-corrected chi connectivity index (χ0v) is 38.9. The van der Waals surface area contributed by atoms with Crippen LogP contribution < -0.4 is 25.8 Å². The second-order valence-corrected chi connectivity index (χ2v) is 21.5. The van der Waals surface area contributed by atoms with Crippen molar-refractivity contribution in [2.45, 2.75) is 129 Å². The Morgan fingerprint density at radius 3 is 2.48 bits per heavy atom. The highest BCUT2D eigenvalue weighted by Gasteiger charge is 2.70. The summed E-state index contributed by atoms with van der Waals surface area (Å²) >= 11 is 8.56. The molecule has 1 spiro atoms. The van der Waals surface area contributed by atoms with Crippen LogP contribution in [-0.4, -0.2) is 119 Å². The van der Waals surface area contributed by atoms with Gasteiger partial charge in [0.2, 0.25) is 11.8 Å². The summed E-state index contributed by atoms with van der Waals surface area (Å²) < 4.78 is 30.2. The molecule has 63 heavy (non-hydrogen) atoms. The number of nitrogens with one attached hydrogen (secondary N) is 2. The van der Waals surface area contributed by atoms with E-state index in [1.807, 2.05) is 60.8 Å². The van der Waals surface area contributed by atoms with Crippen LogP contribution in [0.2, 0.25) is 5.02 Å². The monoisotopic (exact) mass is 909 g/mol. The van der Waals surface area contributed by atoms with E-state index in [-0.39, 0.29) is 43.3 Å². The Kier molecular flexibility index (Phi) is 12.2. The summed E-state index contributed by atoms with van der Waals surface area (Å²) in [5.41, 5.74) is 6.34. The van der Waals surface area contributed by atoms with Crippen LogP contribution in [0.25, 0.3) is 22.3 Å². The number of benzene rings is 1. The number of carbonyl (C=O) groups excluding carboxylic acids is 4. The molecule has 0 radical (unpaired) electrons. The standard InChI is InChI=1S/C45H60ClN7O9S/c1-23(2)48-40-50-31(22-63-40)30-15-34(28-9-10-33(35(46)36(28)49-30)59-21-25-20-58-12-11-52(25)42(57)62-44(6,7)8)60-27-14-32(38(47)54)53(19-27)39(55)37(43(3,4)5)51-41(56)61-26-13-24-16-45(17-26)18-29(24)45/h9-10,15,22-27,29,32,37H,11-14,16-21H2,1-8H3,(H2,47,54)(H,48,50)(H,51,56)/t24-,25-,26-,27?,29?,32+,37-,45+/m1/s1. The van der Waals surface area contributed by atoms with Crippen LogP contribution in [0.1, 0.15) is 87.5 Å². The predicted molar refractivity (Wildman–Crippen MR) is 238 cm³/mol. The van der Waals surface area contributed by atoms with Crippen LogP contribution in [0, 0.1) is 22.7 Å². The lowest BCUT2D eigenvalue weighted by molar-refractivity contribution is -0.141. The summed E-state index contributed by atoms with van der Waals surface area (Å²) in [5.74, 6) is 1.00. The summed E-state index contributed by atoms with van der Waals surface area (Å²) in [5, 5.41) is 9.54. The quantitative estimate of drug-likeness (QED) is 0.168. The van der Waals surface area contributed by atoms with E-state index < -0.39 is 59.2 Å². The highest BCUT2D eigenvalue weighted by molar-refractivity contribution is 7.14. The maximum absolute atomic E-state index is 14.5. The first kappa shape index (κ1) is 45.0. The molecule has 4 saturated carbocycles. The molecule has 2 unspecified atom stereocenters. The largest absolute Gasteiger partial charge is 0.490 e. The minimum atomic E-state index is -1.00. The molecule has 8 atom stereocenters. The highest BCUT2D eigenvalue weighted by Crippen LogP contribution is 2.77. The SMILES string of the molecule is CC(C)Nc1nc(-c2cc(OC3C[C@@H](C(N)=O)N(C(=O)[C@@H](NC(=O)O[C@@H]4C[C@@H]5C[C@@]6(CC56)C4)C(C)(C)C)C3)c3ccc(OC[C@H]4COCCN4C(=O)OC(C)(C)C)c(Cl)c3n2)cs1. The summed E-state index contributed by atoms with van der Waals surface area (Å²) in [4.78, 5) is 66.7. The van der Waals surface area contributed by atoms with E-state index in [1.54, 1.807) is 23.1 Å². The van der Waals surface area contributed by atoms with Crippen molar-refractivity contribution in [2.24, 2.45) is 28.4 Å². The fourth-order valence-electron chi connectivity index (χ4n) is 9.80. The van der Waals surface area contributed by atoms with Crippen molar-refractivity contribution >= 4 is 63.0 Å². The van der Waals surface area contributed by atoms with E-state index in [0.29, 0.717) is 63.4 Å². The van der Waals surface area contributed by atoms with Gasteiger partial charge in [-0.15, -0.1) is 11.3 Å². The predicted octanol–water partition coefficient (Wildman–Crippen LogP) is 7.01. The summed E-state index contributed by atoms with van der Waals surface area (Å²) in [6, 6.07) is 2.98. The molecular weight excluding hydrogens is 850 g/mol. The summed E-state index contributed by atoms with van der Waals surface area (Å²) in [6.45, 7) is 16.2. The van der Waals surface area contributed by atoms with Gasteiger partial charge in [0.15, 0.2) is 5.13 Å². The van der Waals surface area contributed by atoms with Crippen LogP contribution >= 0.6 is 22.9 Å². The number of anilines is 1. The Morgan fingerprint density at radius 2 is 1.79 bits per heavy atom. The van der Waals surface area contributed by atoms with Crippen LogP contribution in [-0.2, 0) is 23.8 Å². The third-order valence-electron chi connectivity index (χ3n) is 12.8. The second kappa shape index (κ2) is 17.1. The lowest BCUT2D eigenvalue weighted by atomic mass is 9.64. The molecule has 18 heteroatoms. The van der Waals surface area contributed by atoms with E-state index >= 15 is 0 Å². The van der Waals surface area contributed by atoms with Crippen LogP contribution in [0.5, 0.6) is 11.5 Å². The minimum absolute atomic E-state index is 0.0226. The highest BCUT2D eigenvalue weighted by atomic mass is 35.5. The maximum Gasteiger partial charge on any atom is 0.410 e. The van der Waals surface area contributed by atoms with E-state index in [2.05, 4.69) is 10.6 Å². The molecule has 4 aliphatic carbocycles. The molecule has 2 saturated heterocycles. The van der Waals surface area contributed by atoms with Gasteiger partial charge >= 0.3 is 12.2 Å². The molecule has 4 amide bonds. The van der Waals surface area contributed by atoms with E-state index in [0.717, 1.165) is 18.8 Å². The molecule has 3 aromatic rings. The number of thiazole rings is 1. The molecule has 2 aromatic heterocycles. The zero-order chi connectivity index (χ0) is 45.2. The number of amides is 4. The number of nitrogens with two attached hydrogens (primary N) is 1. The number of alkyl carbamates (subject to hydrolysis) is 1. The topological polar surface area (TPSA) is 197 Å². The zero-order valence-electron chi connectivity index (χ0n) is 37.3. The lowest BCUT2D eigenvalue weighted by Gasteiger charge is -2.44. The van der Waals surface area contributed by atoms with Crippen LogP contribution in [0.15, 0.2) is 23.6 Å². The fourth-order valence-corrected chi connectivity index (χ4v) is 10.9. The van der Waals surface area contributed by atoms with E-state index in [9.17, 15) is 19.2 Å². The number of carbonyl (C=O) groups is 4. The van der Waals surface area contributed by atoms with Gasteiger partial charge in [0.1, 0.15) is 58.7 Å². The van der Waals surface area contributed by atoms with Gasteiger partial charge in [-0.1, -0.05) is 32.4 Å². The van der Waals surface area contributed by atoms with Crippen molar-refractivity contribution in [3.05, 3.63) is 28.6 Å². The average Bonchev–Trinajstić information content (AvgIpc) is 3.48. The summed E-state index contributed by atoms with van der Waals surface area (Å²) in [6.07, 6.45) is 2.37. The molecule has 4 N–H and O–H groups in total. The third kappa shape index (κ3) is 9.61. The third-order valence-corrected chi connectivity index (χ3v) is 14.0. The number of likely N-dealkylation sites (tertiary alicyclic amines) is 1. The molecule has 2 aliphatic heterocycles. The lowest BCUT2D eigenvalue weighted by Crippen LogP contribution is -2.58. The molecule has 342 valence electrons. The van der Waals surface area contributed by atoms with Crippen LogP contribution in [0.3, 0.4) is 0 Å². The first-order valence-corrected chi connectivity index (χ1v) is 23.2. The number of primary amides is 1. The van der Waals surface area contributed by atoms with Gasteiger partial charge in [-0.05, 0) is 95.1 Å². The number of rotatable bonds is 12. The first-order chi connectivity index (χ1) is 29.7. The van der Waals surface area contributed by atoms with Gasteiger partial charge in [-0.2, -0.15) is 0 Å². The smallest absolute Gasteiger partial charge is 0.410 e. The fraction of sp³-hybridized carbons (Fsp3) is 0.644. The number of morpholine rings is 1. The number of hydrogen-bond acceptors (Lipinski definition) is 13. The van der Waals surface area contributed by atoms with Crippen molar-refractivity contribution in [1.29, 1.82) is 0 Å². The normalized spacial score (nSPS) is 27.0. The van der Waals surface area contributed by atoms with E-state index in [4.69, 9.17) is 51.0 Å². The molecule has 6 aliphatic rings. The Balaban J connectivity index is 1.03. The van der Waals surface area contributed by atoms with Crippen molar-refractivity contribution in [1.82, 2.24) is 25.1 Å². The van der Waals surface area contributed by atoms with Crippen molar-refractivity contribution in [3.8, 4) is 22.9 Å². The number of halogens is 1. The molecule has 4 heterocycles. The Hall–Kier alpha value is -4.61. The van der Waals surface area contributed by atoms with Gasteiger partial charge in [0, 0.05) is 35.8 Å². The second-order valence-electron chi connectivity index (χ2n) is 20.3. The Bertz CT molecular complexity index is 2260. The molecule has 16 nitrogen and oxygen atoms in total. The van der Waals surface area contributed by atoms with Gasteiger partial charge < -0.3 is 45.0 Å². The number of aromatic nitrogens is 2. The number of nitrogens with zero attached hydrogens (tertiary/aromatic N) is 4. The maximum atomic E-state index is 14.5. The van der Waals surface area contributed by atoms with Gasteiger partial charge in [0.05, 0.1) is 37.0 Å². The Morgan fingerprint density at radius 1 is 1.02 bits per heavy atom. The molecular formula is C45H60ClN7O9S. The number of ether oxygens (including phenoxy) is 5. The number of fused-ring (bicyclic) bond motifs is 3.